The highest BCUT2D eigenvalue weighted by Crippen LogP contribution is 2.26. The van der Waals surface area contributed by atoms with Gasteiger partial charge in [0, 0.05) is 54.4 Å². The largest absolute Gasteiger partial charge is 0.360 e. The third-order valence-electron chi connectivity index (χ3n) is 5.04. The smallest absolute Gasteiger partial charge is 0.169 e. The van der Waals surface area contributed by atoms with Crippen molar-refractivity contribution >= 4 is 40.5 Å². The molecule has 1 N–H and O–H groups in total. The van der Waals surface area contributed by atoms with Crippen LogP contribution in [0.5, 0.6) is 0 Å². The van der Waals surface area contributed by atoms with Gasteiger partial charge < -0.3 is 10.2 Å². The van der Waals surface area contributed by atoms with E-state index in [-0.39, 0.29) is 0 Å². The van der Waals surface area contributed by atoms with Gasteiger partial charge in [0.25, 0.3) is 0 Å². The number of benzene rings is 1. The van der Waals surface area contributed by atoms with Gasteiger partial charge in [-0.2, -0.15) is 0 Å². The lowest BCUT2D eigenvalue weighted by Gasteiger charge is -2.38. The maximum Gasteiger partial charge on any atom is 0.169 e. The van der Waals surface area contributed by atoms with E-state index in [1.807, 2.05) is 18.2 Å². The molecule has 6 heteroatoms. The molecular formula is C18H25Cl2N3S. The molecule has 0 amide bonds. The van der Waals surface area contributed by atoms with Crippen LogP contribution in [-0.2, 0) is 6.54 Å². The van der Waals surface area contributed by atoms with E-state index in [0.717, 1.165) is 53.4 Å². The monoisotopic (exact) mass is 385 g/mol. The van der Waals surface area contributed by atoms with Crippen molar-refractivity contribution in [3.63, 3.8) is 0 Å². The fourth-order valence-corrected chi connectivity index (χ4v) is 4.40. The van der Waals surface area contributed by atoms with Crippen LogP contribution in [0, 0.1) is 0 Å². The van der Waals surface area contributed by atoms with Crippen molar-refractivity contribution < 1.29 is 0 Å². The number of hydrogen-bond donors (Lipinski definition) is 1. The van der Waals surface area contributed by atoms with Crippen LogP contribution in [0.1, 0.15) is 37.7 Å². The number of rotatable bonds is 3. The summed E-state index contributed by atoms with van der Waals surface area (Å²) in [6.07, 6.45) is 6.53. The maximum atomic E-state index is 6.28. The van der Waals surface area contributed by atoms with E-state index in [0.29, 0.717) is 6.04 Å². The van der Waals surface area contributed by atoms with Crippen molar-refractivity contribution in [1.29, 1.82) is 0 Å². The molecule has 0 unspecified atom stereocenters. The summed E-state index contributed by atoms with van der Waals surface area (Å²) in [7, 11) is 0. The predicted octanol–water partition coefficient (Wildman–Crippen LogP) is 4.32. The molecule has 1 saturated heterocycles. The van der Waals surface area contributed by atoms with Gasteiger partial charge in [-0.15, -0.1) is 0 Å². The van der Waals surface area contributed by atoms with Crippen LogP contribution in [0.15, 0.2) is 18.2 Å². The molecule has 2 fully saturated rings. The van der Waals surface area contributed by atoms with Gasteiger partial charge in [-0.25, -0.2) is 0 Å². The first-order valence-corrected chi connectivity index (χ1v) is 10.0. The Morgan fingerprint density at radius 2 is 1.67 bits per heavy atom. The molecule has 0 atom stereocenters. The van der Waals surface area contributed by atoms with Gasteiger partial charge in [0.2, 0.25) is 0 Å². The lowest BCUT2D eigenvalue weighted by molar-refractivity contribution is 0.173. The highest BCUT2D eigenvalue weighted by molar-refractivity contribution is 7.80. The van der Waals surface area contributed by atoms with Gasteiger partial charge in [-0.3, -0.25) is 4.90 Å². The molecule has 2 aliphatic rings. The van der Waals surface area contributed by atoms with Crippen molar-refractivity contribution in [2.45, 2.75) is 44.7 Å². The minimum atomic E-state index is 0.575. The van der Waals surface area contributed by atoms with E-state index in [1.54, 1.807) is 0 Å². The van der Waals surface area contributed by atoms with Crippen LogP contribution in [-0.4, -0.2) is 47.1 Å². The van der Waals surface area contributed by atoms with E-state index in [1.165, 1.54) is 32.1 Å². The van der Waals surface area contributed by atoms with Crippen molar-refractivity contribution in [1.82, 2.24) is 15.1 Å². The topological polar surface area (TPSA) is 18.5 Å². The molecule has 0 bridgehead atoms. The molecule has 3 rings (SSSR count). The highest BCUT2D eigenvalue weighted by atomic mass is 35.5. The lowest BCUT2D eigenvalue weighted by Crippen LogP contribution is -2.53. The summed E-state index contributed by atoms with van der Waals surface area (Å²) in [6, 6.07) is 6.28. The zero-order valence-electron chi connectivity index (χ0n) is 13.9. The molecule has 0 aromatic heterocycles. The Bertz CT molecular complexity index is 547. The van der Waals surface area contributed by atoms with Gasteiger partial charge in [-0.05, 0) is 37.2 Å². The first-order valence-electron chi connectivity index (χ1n) is 8.84. The fourth-order valence-electron chi connectivity index (χ4n) is 3.53. The Labute approximate surface area is 160 Å². The van der Waals surface area contributed by atoms with Crippen LogP contribution in [0.4, 0.5) is 0 Å². The number of piperazine rings is 1. The summed E-state index contributed by atoms with van der Waals surface area (Å²) in [6.45, 7) is 4.68. The van der Waals surface area contributed by atoms with E-state index in [4.69, 9.17) is 35.4 Å². The average Bonchev–Trinajstić information content (AvgIpc) is 2.60. The maximum absolute atomic E-state index is 6.28. The van der Waals surface area contributed by atoms with Crippen LogP contribution in [0.3, 0.4) is 0 Å². The molecule has 1 aromatic carbocycles. The summed E-state index contributed by atoms with van der Waals surface area (Å²) in [5, 5.41) is 5.99. The Hall–Kier alpha value is -0.550. The number of nitrogens with one attached hydrogen (secondary N) is 1. The van der Waals surface area contributed by atoms with Crippen LogP contribution in [0.25, 0.3) is 0 Å². The van der Waals surface area contributed by atoms with Gasteiger partial charge in [-0.1, -0.05) is 48.5 Å². The molecule has 3 nitrogen and oxygen atoms in total. The Morgan fingerprint density at radius 1 is 1.04 bits per heavy atom. The number of halogens is 2. The number of nitrogens with zero attached hydrogens (tertiary/aromatic N) is 2. The summed E-state index contributed by atoms with van der Waals surface area (Å²) in [4.78, 5) is 4.70. The summed E-state index contributed by atoms with van der Waals surface area (Å²) in [5.74, 6) is 0. The predicted molar refractivity (Wildman–Crippen MR) is 106 cm³/mol. The molecule has 1 heterocycles. The number of hydrogen-bond acceptors (Lipinski definition) is 2. The van der Waals surface area contributed by atoms with Gasteiger partial charge in [0.15, 0.2) is 5.11 Å². The summed E-state index contributed by atoms with van der Waals surface area (Å²) >= 11 is 18.2. The fraction of sp³-hybridized carbons (Fsp3) is 0.611. The SMILES string of the molecule is S=C(NC1CCCCC1)N1CCN(Cc2c(Cl)cccc2Cl)CC1. The molecule has 1 aliphatic carbocycles. The van der Waals surface area contributed by atoms with Gasteiger partial charge in [0.05, 0.1) is 0 Å². The molecule has 132 valence electrons. The van der Waals surface area contributed by atoms with E-state index in [9.17, 15) is 0 Å². The second-order valence-electron chi connectivity index (χ2n) is 6.75. The van der Waals surface area contributed by atoms with Crippen molar-refractivity contribution in [2.75, 3.05) is 26.2 Å². The Morgan fingerprint density at radius 3 is 2.29 bits per heavy atom. The van der Waals surface area contributed by atoms with Crippen molar-refractivity contribution in [3.8, 4) is 0 Å². The Balaban J connectivity index is 1.47. The molecule has 24 heavy (non-hydrogen) atoms. The average molecular weight is 386 g/mol. The molecule has 1 aliphatic heterocycles. The normalized spacial score (nSPS) is 20.2. The quantitative estimate of drug-likeness (QED) is 0.780. The molecular weight excluding hydrogens is 361 g/mol. The lowest BCUT2D eigenvalue weighted by atomic mass is 9.96. The highest BCUT2D eigenvalue weighted by Gasteiger charge is 2.22. The van der Waals surface area contributed by atoms with Crippen LogP contribution < -0.4 is 5.32 Å². The third-order valence-corrected chi connectivity index (χ3v) is 6.12. The molecule has 0 spiro atoms. The number of thiocarbonyl (C=S) groups is 1. The van der Waals surface area contributed by atoms with Gasteiger partial charge in [0.1, 0.15) is 0 Å². The van der Waals surface area contributed by atoms with E-state index >= 15 is 0 Å². The second-order valence-corrected chi connectivity index (χ2v) is 7.95. The molecule has 1 saturated carbocycles. The van der Waals surface area contributed by atoms with Crippen molar-refractivity contribution in [2.24, 2.45) is 0 Å². The zero-order valence-corrected chi connectivity index (χ0v) is 16.3. The second kappa shape index (κ2) is 8.70. The first-order chi connectivity index (χ1) is 11.6. The first kappa shape index (κ1) is 18.2. The van der Waals surface area contributed by atoms with Gasteiger partial charge >= 0.3 is 0 Å². The zero-order chi connectivity index (χ0) is 16.9. The standard InChI is InChI=1S/C18H25Cl2N3S/c19-16-7-4-8-17(20)15(16)13-22-9-11-23(12-10-22)18(24)21-14-5-2-1-3-6-14/h4,7-8,14H,1-3,5-6,9-13H2,(H,21,24). The van der Waals surface area contributed by atoms with Crippen molar-refractivity contribution in [3.05, 3.63) is 33.8 Å². The summed E-state index contributed by atoms with van der Waals surface area (Å²) < 4.78 is 0. The van der Waals surface area contributed by atoms with Crippen LogP contribution >= 0.6 is 35.4 Å². The minimum absolute atomic E-state index is 0.575. The molecule has 0 radical (unpaired) electrons. The van der Waals surface area contributed by atoms with Crippen LogP contribution in [0.2, 0.25) is 10.0 Å². The third kappa shape index (κ3) is 4.75. The minimum Gasteiger partial charge on any atom is -0.360 e. The molecule has 1 aromatic rings. The Kier molecular flexibility index (Phi) is 6.62. The van der Waals surface area contributed by atoms with E-state index in [2.05, 4.69) is 15.1 Å². The van der Waals surface area contributed by atoms with E-state index < -0.39 is 0 Å². The summed E-state index contributed by atoms with van der Waals surface area (Å²) in [5.41, 5.74) is 1.03.